The van der Waals surface area contributed by atoms with Crippen LogP contribution in [0.1, 0.15) is 47.8 Å². The average Bonchev–Trinajstić information content (AvgIpc) is 2.92. The van der Waals surface area contributed by atoms with Crippen LogP contribution in [0.25, 0.3) is 0 Å². The topological polar surface area (TPSA) is 142 Å². The zero-order chi connectivity index (χ0) is 28.8. The van der Waals surface area contributed by atoms with Gasteiger partial charge in [-0.2, -0.15) is 0 Å². The highest BCUT2D eigenvalue weighted by atomic mass is 32.2. The zero-order valence-electron chi connectivity index (χ0n) is 21.7. The molecule has 11 heteroatoms. The van der Waals surface area contributed by atoms with Gasteiger partial charge in [0, 0.05) is 30.0 Å². The highest BCUT2D eigenvalue weighted by Gasteiger charge is 2.27. The number of benzene rings is 2. The van der Waals surface area contributed by atoms with Gasteiger partial charge in [-0.25, -0.2) is 22.7 Å². The number of nitrogens with one attached hydrogen (secondary N) is 2. The van der Waals surface area contributed by atoms with Crippen LogP contribution in [0.4, 0.5) is 9.18 Å². The predicted octanol–water partition coefficient (Wildman–Crippen LogP) is 4.19. The molecule has 3 rings (SSSR count). The average molecular weight is 557 g/mol. The van der Waals surface area contributed by atoms with Gasteiger partial charge in [0.05, 0.1) is 11.3 Å². The first-order chi connectivity index (χ1) is 18.5. The summed E-state index contributed by atoms with van der Waals surface area (Å²) in [5.74, 6) is -2.05. The van der Waals surface area contributed by atoms with E-state index in [4.69, 9.17) is 0 Å². The fraction of sp³-hybridized carbons (Fsp3) is 0.286. The van der Waals surface area contributed by atoms with E-state index in [-0.39, 0.29) is 29.1 Å². The summed E-state index contributed by atoms with van der Waals surface area (Å²) in [6.45, 7) is 3.97. The summed E-state index contributed by atoms with van der Waals surface area (Å²) in [5, 5.41) is 14.3. The lowest BCUT2D eigenvalue weighted by atomic mass is 10.1. The molecule has 207 valence electrons. The molecule has 2 aromatic carbocycles. The SMILES string of the molecule is CCC(CCC([O])=O)NC(=O)S(=O)(=O)c1ccc(C(=O)NCCc2ccc(F)cc2)cc1.Cc1ccccn1. The molecule has 1 unspecified atom stereocenters. The van der Waals surface area contributed by atoms with Crippen molar-refractivity contribution >= 4 is 27.0 Å². The number of rotatable bonds is 10. The molecule has 0 saturated heterocycles. The van der Waals surface area contributed by atoms with Crippen LogP contribution >= 0.6 is 0 Å². The maximum absolute atomic E-state index is 12.9. The number of sulfone groups is 1. The Kier molecular flexibility index (Phi) is 12.2. The third-order valence-corrected chi connectivity index (χ3v) is 7.11. The van der Waals surface area contributed by atoms with E-state index in [1.807, 2.05) is 25.1 Å². The number of halogens is 1. The number of hydrogen-bond donors (Lipinski definition) is 2. The second-order valence-corrected chi connectivity index (χ2v) is 10.4. The van der Waals surface area contributed by atoms with Gasteiger partial charge in [-0.1, -0.05) is 25.1 Å². The first-order valence-corrected chi connectivity index (χ1v) is 13.8. The van der Waals surface area contributed by atoms with E-state index in [9.17, 15) is 32.3 Å². The van der Waals surface area contributed by atoms with E-state index >= 15 is 0 Å². The van der Waals surface area contributed by atoms with Crippen LogP contribution in [0.15, 0.2) is 77.8 Å². The van der Waals surface area contributed by atoms with E-state index in [0.29, 0.717) is 19.4 Å². The van der Waals surface area contributed by atoms with Gasteiger partial charge in [-0.3, -0.25) is 14.6 Å². The minimum Gasteiger partial charge on any atom is -0.352 e. The molecule has 1 radical (unpaired) electrons. The van der Waals surface area contributed by atoms with Gasteiger partial charge in [0.2, 0.25) is 0 Å². The first-order valence-electron chi connectivity index (χ1n) is 12.3. The lowest BCUT2D eigenvalue weighted by Crippen LogP contribution is -2.38. The maximum Gasteiger partial charge on any atom is 0.355 e. The van der Waals surface area contributed by atoms with Crippen molar-refractivity contribution in [3.05, 3.63) is 95.6 Å². The number of carbonyl (C=O) groups excluding carboxylic acids is 3. The summed E-state index contributed by atoms with van der Waals surface area (Å²) in [7, 11) is -4.36. The minimum absolute atomic E-state index is 0.0527. The van der Waals surface area contributed by atoms with Crippen molar-refractivity contribution in [2.45, 2.75) is 50.5 Å². The Balaban J connectivity index is 0.000000658. The van der Waals surface area contributed by atoms with E-state index in [1.54, 1.807) is 25.3 Å². The molecule has 0 aliphatic carbocycles. The summed E-state index contributed by atoms with van der Waals surface area (Å²) < 4.78 is 37.9. The van der Waals surface area contributed by atoms with Crippen molar-refractivity contribution in [2.24, 2.45) is 0 Å². The Morgan fingerprint density at radius 2 is 1.64 bits per heavy atom. The van der Waals surface area contributed by atoms with Crippen LogP contribution in [-0.4, -0.2) is 43.1 Å². The molecule has 1 aromatic heterocycles. The van der Waals surface area contributed by atoms with E-state index in [2.05, 4.69) is 15.6 Å². The molecular formula is C28H31FN3O6S. The van der Waals surface area contributed by atoms with Crippen LogP contribution in [0.3, 0.4) is 0 Å². The van der Waals surface area contributed by atoms with Gasteiger partial charge < -0.3 is 10.6 Å². The third-order valence-electron chi connectivity index (χ3n) is 5.61. The molecule has 9 nitrogen and oxygen atoms in total. The van der Waals surface area contributed by atoms with Gasteiger partial charge >= 0.3 is 11.2 Å². The summed E-state index contributed by atoms with van der Waals surface area (Å²) in [6.07, 6.45) is 2.39. The standard InChI is InChI=1S/C22H24FN2O6S.C6H7N/c1-2-18(9-12-20(26)27)25-22(29)32(30,31)19-10-5-16(6-11-19)21(28)24-14-13-15-3-7-17(23)8-4-15;1-6-4-2-3-5-7-6/h3-8,10-11,18H,2,9,12-14H2,1H3,(H,24,28)(H,25,29);2-5H,1H3. The Morgan fingerprint density at radius 1 is 0.974 bits per heavy atom. The van der Waals surface area contributed by atoms with E-state index < -0.39 is 33.0 Å². The van der Waals surface area contributed by atoms with E-state index in [1.165, 1.54) is 24.3 Å². The molecule has 0 aliphatic rings. The van der Waals surface area contributed by atoms with Crippen molar-refractivity contribution < 1.29 is 32.3 Å². The van der Waals surface area contributed by atoms with Crippen molar-refractivity contribution in [3.63, 3.8) is 0 Å². The van der Waals surface area contributed by atoms with E-state index in [0.717, 1.165) is 23.4 Å². The van der Waals surface area contributed by atoms with Crippen LogP contribution in [0, 0.1) is 12.7 Å². The maximum atomic E-state index is 12.9. The molecular weight excluding hydrogens is 525 g/mol. The third kappa shape index (κ3) is 10.6. The molecule has 1 heterocycles. The molecule has 0 saturated carbocycles. The molecule has 1 atom stereocenters. The number of amides is 2. The minimum atomic E-state index is -4.36. The molecule has 39 heavy (non-hydrogen) atoms. The van der Waals surface area contributed by atoms with Crippen LogP contribution in [0.2, 0.25) is 0 Å². The van der Waals surface area contributed by atoms with Gasteiger partial charge in [0.25, 0.3) is 15.7 Å². The molecule has 3 aromatic rings. The summed E-state index contributed by atoms with van der Waals surface area (Å²) in [6, 6.07) is 16.0. The Morgan fingerprint density at radius 3 is 2.15 bits per heavy atom. The smallest absolute Gasteiger partial charge is 0.352 e. The second-order valence-electron chi connectivity index (χ2n) is 8.58. The van der Waals surface area contributed by atoms with Gasteiger partial charge in [0.15, 0.2) is 0 Å². The lowest BCUT2D eigenvalue weighted by molar-refractivity contribution is -0.143. The normalized spacial score (nSPS) is 11.5. The zero-order valence-corrected chi connectivity index (χ0v) is 22.5. The number of hydrogen-bond acceptors (Lipinski definition) is 6. The van der Waals surface area contributed by atoms with Gasteiger partial charge in [-0.05, 0) is 80.3 Å². The second kappa shape index (κ2) is 15.3. The quantitative estimate of drug-likeness (QED) is 0.384. The number of aromatic nitrogens is 1. The van der Waals surface area contributed by atoms with Crippen LogP contribution in [-0.2, 0) is 26.2 Å². The first kappa shape index (κ1) is 31.1. The summed E-state index contributed by atoms with van der Waals surface area (Å²) in [5.41, 5.74) is 2.13. The molecule has 0 spiro atoms. The van der Waals surface area contributed by atoms with Crippen molar-refractivity contribution in [2.75, 3.05) is 6.54 Å². The summed E-state index contributed by atoms with van der Waals surface area (Å²) in [4.78, 5) is 38.7. The highest BCUT2D eigenvalue weighted by Crippen LogP contribution is 2.15. The van der Waals surface area contributed by atoms with Crippen molar-refractivity contribution in [1.29, 1.82) is 0 Å². The van der Waals surface area contributed by atoms with Crippen LogP contribution < -0.4 is 10.6 Å². The van der Waals surface area contributed by atoms with Crippen LogP contribution in [0.5, 0.6) is 0 Å². The predicted molar refractivity (Wildman–Crippen MR) is 143 cm³/mol. The fourth-order valence-electron chi connectivity index (χ4n) is 3.33. The molecule has 2 amide bonds. The molecule has 0 fully saturated rings. The Bertz CT molecular complexity index is 1330. The van der Waals surface area contributed by atoms with Gasteiger partial charge in [0.1, 0.15) is 5.82 Å². The van der Waals surface area contributed by atoms with Gasteiger partial charge in [-0.15, -0.1) is 0 Å². The Hall–Kier alpha value is -4.12. The largest absolute Gasteiger partial charge is 0.355 e. The van der Waals surface area contributed by atoms with Crippen molar-refractivity contribution in [1.82, 2.24) is 15.6 Å². The van der Waals surface area contributed by atoms with Crippen molar-refractivity contribution in [3.8, 4) is 0 Å². The monoisotopic (exact) mass is 556 g/mol. The number of pyridine rings is 1. The Labute approximate surface area is 227 Å². The highest BCUT2D eigenvalue weighted by molar-refractivity contribution is 8.06. The number of carbonyl (C=O) groups is 3. The lowest BCUT2D eigenvalue weighted by Gasteiger charge is -2.15. The number of aryl methyl sites for hydroxylation is 1. The fourth-order valence-corrected chi connectivity index (χ4v) is 4.36. The molecule has 0 bridgehead atoms. The summed E-state index contributed by atoms with van der Waals surface area (Å²) >= 11 is 0. The molecule has 0 aliphatic heterocycles. The number of nitrogens with zero attached hydrogens (tertiary/aromatic N) is 1. The molecule has 2 N–H and O–H groups in total.